The standard InChI is InChI=1S/C17H35N3O/c1-3-18-17(2,15-21)9-14-19-12-7-16(8-13-19)20-10-5-4-6-11-20/h16,18,21H,3-15H2,1-2H3. The Morgan fingerprint density at radius 1 is 1.10 bits per heavy atom. The lowest BCUT2D eigenvalue weighted by molar-refractivity contribution is 0.0827. The zero-order chi connectivity index (χ0) is 15.1. The molecule has 0 aromatic carbocycles. The largest absolute Gasteiger partial charge is 0.394 e. The number of nitrogens with zero attached hydrogens (tertiary/aromatic N) is 2. The van der Waals surface area contributed by atoms with E-state index in [0.29, 0.717) is 0 Å². The van der Waals surface area contributed by atoms with Crippen molar-refractivity contribution >= 4 is 0 Å². The van der Waals surface area contributed by atoms with Crippen molar-refractivity contribution in [3.63, 3.8) is 0 Å². The molecule has 0 spiro atoms. The minimum atomic E-state index is -0.113. The van der Waals surface area contributed by atoms with Crippen LogP contribution >= 0.6 is 0 Å². The smallest absolute Gasteiger partial charge is 0.0611 e. The monoisotopic (exact) mass is 297 g/mol. The maximum absolute atomic E-state index is 9.57. The van der Waals surface area contributed by atoms with Gasteiger partial charge in [0.25, 0.3) is 0 Å². The van der Waals surface area contributed by atoms with Crippen molar-refractivity contribution in [2.45, 2.75) is 64.0 Å². The van der Waals surface area contributed by atoms with E-state index in [1.807, 2.05) is 0 Å². The second kappa shape index (κ2) is 8.47. The van der Waals surface area contributed by atoms with Gasteiger partial charge < -0.3 is 20.2 Å². The van der Waals surface area contributed by atoms with Crippen LogP contribution in [0.2, 0.25) is 0 Å². The van der Waals surface area contributed by atoms with Gasteiger partial charge in [-0.3, -0.25) is 0 Å². The third-order valence-electron chi connectivity index (χ3n) is 5.40. The van der Waals surface area contributed by atoms with Crippen molar-refractivity contribution in [2.75, 3.05) is 45.9 Å². The zero-order valence-corrected chi connectivity index (χ0v) is 14.1. The number of rotatable bonds is 7. The first-order chi connectivity index (χ1) is 10.2. The molecular formula is C17H35N3O. The zero-order valence-electron chi connectivity index (χ0n) is 14.1. The van der Waals surface area contributed by atoms with Crippen LogP contribution in [0.5, 0.6) is 0 Å². The lowest BCUT2D eigenvalue weighted by atomic mass is 9.96. The molecule has 0 amide bonds. The second-order valence-corrected chi connectivity index (χ2v) is 7.17. The third-order valence-corrected chi connectivity index (χ3v) is 5.40. The Bertz CT molecular complexity index is 286. The number of likely N-dealkylation sites (tertiary alicyclic amines) is 2. The summed E-state index contributed by atoms with van der Waals surface area (Å²) in [5.41, 5.74) is -0.113. The molecule has 0 bridgehead atoms. The summed E-state index contributed by atoms with van der Waals surface area (Å²) >= 11 is 0. The van der Waals surface area contributed by atoms with Crippen LogP contribution in [-0.2, 0) is 0 Å². The molecule has 21 heavy (non-hydrogen) atoms. The minimum Gasteiger partial charge on any atom is -0.394 e. The van der Waals surface area contributed by atoms with Crippen molar-refractivity contribution < 1.29 is 5.11 Å². The van der Waals surface area contributed by atoms with E-state index < -0.39 is 0 Å². The van der Waals surface area contributed by atoms with Gasteiger partial charge >= 0.3 is 0 Å². The van der Waals surface area contributed by atoms with Crippen LogP contribution in [0, 0.1) is 0 Å². The molecule has 4 heteroatoms. The highest BCUT2D eigenvalue weighted by molar-refractivity contribution is 4.86. The van der Waals surface area contributed by atoms with Gasteiger partial charge in [-0.15, -0.1) is 0 Å². The van der Waals surface area contributed by atoms with Crippen molar-refractivity contribution in [2.24, 2.45) is 0 Å². The van der Waals surface area contributed by atoms with Gasteiger partial charge in [0, 0.05) is 11.6 Å². The molecule has 0 saturated carbocycles. The summed E-state index contributed by atoms with van der Waals surface area (Å²) < 4.78 is 0. The molecule has 2 heterocycles. The Labute approximate surface area is 130 Å². The maximum Gasteiger partial charge on any atom is 0.0611 e. The molecular weight excluding hydrogens is 262 g/mol. The van der Waals surface area contributed by atoms with Crippen molar-refractivity contribution in [3.8, 4) is 0 Å². The van der Waals surface area contributed by atoms with E-state index in [-0.39, 0.29) is 12.1 Å². The first-order valence-electron chi connectivity index (χ1n) is 8.99. The summed E-state index contributed by atoms with van der Waals surface area (Å²) in [5.74, 6) is 0. The molecule has 0 aromatic heterocycles. The number of aliphatic hydroxyl groups excluding tert-OH is 1. The highest BCUT2D eigenvalue weighted by Gasteiger charge is 2.27. The van der Waals surface area contributed by atoms with Gasteiger partial charge in [0.15, 0.2) is 0 Å². The van der Waals surface area contributed by atoms with Crippen molar-refractivity contribution in [3.05, 3.63) is 0 Å². The Morgan fingerprint density at radius 2 is 1.76 bits per heavy atom. The van der Waals surface area contributed by atoms with Gasteiger partial charge in [0.2, 0.25) is 0 Å². The number of hydrogen-bond donors (Lipinski definition) is 2. The molecule has 0 radical (unpaired) electrons. The summed E-state index contributed by atoms with van der Waals surface area (Å²) in [6, 6.07) is 0.833. The van der Waals surface area contributed by atoms with Crippen LogP contribution in [0.1, 0.15) is 52.4 Å². The molecule has 0 aliphatic carbocycles. The fourth-order valence-electron chi connectivity index (χ4n) is 3.85. The molecule has 2 fully saturated rings. The molecule has 1 unspecified atom stereocenters. The number of piperidine rings is 2. The predicted octanol–water partition coefficient (Wildman–Crippen LogP) is 1.69. The van der Waals surface area contributed by atoms with Crippen molar-refractivity contribution in [1.29, 1.82) is 0 Å². The number of nitrogens with one attached hydrogen (secondary N) is 1. The van der Waals surface area contributed by atoms with E-state index in [4.69, 9.17) is 0 Å². The van der Waals surface area contributed by atoms with Gasteiger partial charge in [0.1, 0.15) is 0 Å². The van der Waals surface area contributed by atoms with E-state index in [1.54, 1.807) is 0 Å². The molecule has 2 aliphatic rings. The van der Waals surface area contributed by atoms with Crippen LogP contribution in [-0.4, -0.2) is 72.4 Å². The highest BCUT2D eigenvalue weighted by Crippen LogP contribution is 2.21. The first kappa shape index (κ1) is 17.2. The van der Waals surface area contributed by atoms with Crippen LogP contribution in [0.25, 0.3) is 0 Å². The first-order valence-corrected chi connectivity index (χ1v) is 8.99. The highest BCUT2D eigenvalue weighted by atomic mass is 16.3. The Balaban J connectivity index is 1.68. The van der Waals surface area contributed by atoms with Gasteiger partial charge in [-0.05, 0) is 78.3 Å². The van der Waals surface area contributed by atoms with E-state index in [2.05, 4.69) is 29.0 Å². The van der Waals surface area contributed by atoms with Gasteiger partial charge in [-0.2, -0.15) is 0 Å². The van der Waals surface area contributed by atoms with Crippen molar-refractivity contribution in [1.82, 2.24) is 15.1 Å². The van der Waals surface area contributed by atoms with Gasteiger partial charge in [-0.1, -0.05) is 13.3 Å². The Kier molecular flexibility index (Phi) is 6.93. The molecule has 2 rings (SSSR count). The SMILES string of the molecule is CCNC(C)(CO)CCN1CCC(N2CCCCC2)CC1. The predicted molar refractivity (Wildman–Crippen MR) is 88.7 cm³/mol. The van der Waals surface area contributed by atoms with Crippen LogP contribution in [0.4, 0.5) is 0 Å². The molecule has 2 aliphatic heterocycles. The number of hydrogen-bond acceptors (Lipinski definition) is 4. The maximum atomic E-state index is 9.57. The Morgan fingerprint density at radius 3 is 2.33 bits per heavy atom. The summed E-state index contributed by atoms with van der Waals surface area (Å²) in [4.78, 5) is 5.32. The minimum absolute atomic E-state index is 0.113. The van der Waals surface area contributed by atoms with Crippen LogP contribution < -0.4 is 5.32 Å². The quantitative estimate of drug-likeness (QED) is 0.750. The fourth-order valence-corrected chi connectivity index (χ4v) is 3.85. The van der Waals surface area contributed by atoms with E-state index in [0.717, 1.165) is 25.6 Å². The molecule has 0 aromatic rings. The third kappa shape index (κ3) is 5.20. The molecule has 2 N–H and O–H groups in total. The summed E-state index contributed by atoms with van der Waals surface area (Å²) in [6.07, 6.45) is 7.93. The van der Waals surface area contributed by atoms with Crippen LogP contribution in [0.15, 0.2) is 0 Å². The molecule has 2 saturated heterocycles. The van der Waals surface area contributed by atoms with Gasteiger partial charge in [0.05, 0.1) is 6.61 Å². The summed E-state index contributed by atoms with van der Waals surface area (Å²) in [5, 5.41) is 13.0. The Hall–Kier alpha value is -0.160. The molecule has 1 atom stereocenters. The van der Waals surface area contributed by atoms with Crippen LogP contribution in [0.3, 0.4) is 0 Å². The summed E-state index contributed by atoms with van der Waals surface area (Å²) in [6.45, 7) is 11.6. The average molecular weight is 297 g/mol. The van der Waals surface area contributed by atoms with Gasteiger partial charge in [-0.25, -0.2) is 0 Å². The molecule has 4 nitrogen and oxygen atoms in total. The average Bonchev–Trinajstić information content (AvgIpc) is 2.55. The fraction of sp³-hybridized carbons (Fsp3) is 1.00. The van der Waals surface area contributed by atoms with E-state index in [9.17, 15) is 5.11 Å². The number of aliphatic hydroxyl groups is 1. The lowest BCUT2D eigenvalue weighted by Crippen LogP contribution is -2.50. The normalized spacial score (nSPS) is 25.9. The number of likely N-dealkylation sites (N-methyl/N-ethyl adjacent to an activating group) is 1. The second-order valence-electron chi connectivity index (χ2n) is 7.17. The summed E-state index contributed by atoms with van der Waals surface area (Å²) in [7, 11) is 0. The lowest BCUT2D eigenvalue weighted by Gasteiger charge is -2.41. The topological polar surface area (TPSA) is 38.7 Å². The van der Waals surface area contributed by atoms with E-state index >= 15 is 0 Å². The molecule has 124 valence electrons. The van der Waals surface area contributed by atoms with E-state index in [1.165, 1.54) is 58.3 Å².